The SMILES string of the molecule is O=C(NC1C[C@@H](C(F)(F)F)C[C@@H](C(F)(F)F)C1)c1ccc[nH]c1=O. The molecule has 0 aromatic carbocycles. The molecular weight excluding hydrogens is 342 g/mol. The number of hydrogen-bond acceptors (Lipinski definition) is 2. The van der Waals surface area contributed by atoms with Gasteiger partial charge in [0.1, 0.15) is 5.56 Å². The van der Waals surface area contributed by atoms with Gasteiger partial charge in [-0.15, -0.1) is 0 Å². The molecule has 1 amide bonds. The molecule has 0 saturated heterocycles. The van der Waals surface area contributed by atoms with E-state index in [-0.39, 0.29) is 5.56 Å². The predicted octanol–water partition coefficient (Wildman–Crippen LogP) is 3.01. The van der Waals surface area contributed by atoms with Crippen molar-refractivity contribution in [2.45, 2.75) is 37.7 Å². The topological polar surface area (TPSA) is 62.0 Å². The number of carbonyl (C=O) groups is 1. The highest BCUT2D eigenvalue weighted by Crippen LogP contribution is 2.45. The summed E-state index contributed by atoms with van der Waals surface area (Å²) in [4.78, 5) is 25.6. The maximum atomic E-state index is 12.9. The lowest BCUT2D eigenvalue weighted by atomic mass is 9.77. The number of aromatic amines is 1. The van der Waals surface area contributed by atoms with E-state index in [1.54, 1.807) is 0 Å². The first-order chi connectivity index (χ1) is 11.0. The van der Waals surface area contributed by atoms with Gasteiger partial charge in [-0.25, -0.2) is 0 Å². The Labute approximate surface area is 132 Å². The fraction of sp³-hybridized carbons (Fsp3) is 0.571. The summed E-state index contributed by atoms with van der Waals surface area (Å²) in [5.41, 5.74) is -1.14. The summed E-state index contributed by atoms with van der Waals surface area (Å²) in [6.07, 6.45) is -10.7. The number of halogens is 6. The number of alkyl halides is 6. The van der Waals surface area contributed by atoms with Crippen molar-refractivity contribution in [1.82, 2.24) is 10.3 Å². The number of H-pyrrole nitrogens is 1. The molecule has 134 valence electrons. The van der Waals surface area contributed by atoms with Crippen LogP contribution in [0.4, 0.5) is 26.3 Å². The summed E-state index contributed by atoms with van der Waals surface area (Å²) in [5, 5.41) is 2.12. The molecule has 4 nitrogen and oxygen atoms in total. The van der Waals surface area contributed by atoms with Gasteiger partial charge < -0.3 is 10.3 Å². The smallest absolute Gasteiger partial charge is 0.349 e. The summed E-state index contributed by atoms with van der Waals surface area (Å²) in [6, 6.07) is 1.15. The van der Waals surface area contributed by atoms with Gasteiger partial charge in [-0.2, -0.15) is 26.3 Å². The summed E-state index contributed by atoms with van der Waals surface area (Å²) in [5.74, 6) is -5.31. The van der Waals surface area contributed by atoms with Gasteiger partial charge in [0, 0.05) is 12.2 Å². The molecule has 24 heavy (non-hydrogen) atoms. The fourth-order valence-corrected chi connectivity index (χ4v) is 2.83. The van der Waals surface area contributed by atoms with E-state index in [9.17, 15) is 35.9 Å². The molecule has 1 heterocycles. The van der Waals surface area contributed by atoms with Crippen molar-refractivity contribution in [2.24, 2.45) is 11.8 Å². The Morgan fingerprint density at radius 2 is 1.58 bits per heavy atom. The Bertz CT molecular complexity index is 630. The molecule has 1 fully saturated rings. The maximum Gasteiger partial charge on any atom is 0.391 e. The highest BCUT2D eigenvalue weighted by atomic mass is 19.4. The Kier molecular flexibility index (Phi) is 4.95. The molecule has 0 bridgehead atoms. The lowest BCUT2D eigenvalue weighted by Gasteiger charge is -2.36. The largest absolute Gasteiger partial charge is 0.391 e. The van der Waals surface area contributed by atoms with E-state index in [2.05, 4.69) is 10.3 Å². The van der Waals surface area contributed by atoms with Crippen molar-refractivity contribution in [3.8, 4) is 0 Å². The average molecular weight is 356 g/mol. The first-order valence-electron chi connectivity index (χ1n) is 7.10. The minimum absolute atomic E-state index is 0.366. The summed E-state index contributed by atoms with van der Waals surface area (Å²) in [7, 11) is 0. The predicted molar refractivity (Wildman–Crippen MR) is 71.3 cm³/mol. The molecule has 3 atom stereocenters. The zero-order valence-corrected chi connectivity index (χ0v) is 12.2. The molecule has 10 heteroatoms. The van der Waals surface area contributed by atoms with E-state index < -0.39 is 61.0 Å². The second-order valence-corrected chi connectivity index (χ2v) is 5.77. The summed E-state index contributed by atoms with van der Waals surface area (Å²) >= 11 is 0. The molecule has 1 aromatic heterocycles. The third kappa shape index (κ3) is 4.30. The lowest BCUT2D eigenvalue weighted by molar-refractivity contribution is -0.225. The molecule has 1 saturated carbocycles. The molecule has 2 N–H and O–H groups in total. The van der Waals surface area contributed by atoms with E-state index in [0.717, 1.165) is 6.07 Å². The number of pyridine rings is 1. The normalized spacial score (nSPS) is 25.3. The lowest BCUT2D eigenvalue weighted by Crippen LogP contribution is -2.47. The molecule has 0 radical (unpaired) electrons. The zero-order valence-electron chi connectivity index (χ0n) is 12.2. The first-order valence-corrected chi connectivity index (χ1v) is 7.10. The Morgan fingerprint density at radius 3 is 2.04 bits per heavy atom. The van der Waals surface area contributed by atoms with Gasteiger partial charge >= 0.3 is 12.4 Å². The number of carbonyl (C=O) groups excluding carboxylic acids is 1. The van der Waals surface area contributed by atoms with E-state index in [1.807, 2.05) is 0 Å². The number of nitrogens with one attached hydrogen (secondary N) is 2. The van der Waals surface area contributed by atoms with Crippen molar-refractivity contribution in [2.75, 3.05) is 0 Å². The van der Waals surface area contributed by atoms with Crippen molar-refractivity contribution in [3.05, 3.63) is 34.2 Å². The van der Waals surface area contributed by atoms with Crippen LogP contribution in [0, 0.1) is 11.8 Å². The Morgan fingerprint density at radius 1 is 1.04 bits per heavy atom. The number of aromatic nitrogens is 1. The highest BCUT2D eigenvalue weighted by molar-refractivity contribution is 5.93. The summed E-state index contributed by atoms with van der Waals surface area (Å²) < 4.78 is 77.2. The molecule has 1 aliphatic rings. The second kappa shape index (κ2) is 6.48. The molecule has 1 aliphatic carbocycles. The van der Waals surface area contributed by atoms with Crippen LogP contribution in [0.15, 0.2) is 23.1 Å². The quantitative estimate of drug-likeness (QED) is 0.801. The number of hydrogen-bond donors (Lipinski definition) is 2. The van der Waals surface area contributed by atoms with Crippen molar-refractivity contribution in [3.63, 3.8) is 0 Å². The van der Waals surface area contributed by atoms with Crippen LogP contribution in [0.2, 0.25) is 0 Å². The van der Waals surface area contributed by atoms with E-state index in [4.69, 9.17) is 0 Å². The van der Waals surface area contributed by atoms with Gasteiger partial charge in [0.15, 0.2) is 0 Å². The van der Waals surface area contributed by atoms with Crippen LogP contribution in [0.3, 0.4) is 0 Å². The van der Waals surface area contributed by atoms with Crippen LogP contribution in [-0.2, 0) is 0 Å². The molecular formula is C14H14F6N2O2. The van der Waals surface area contributed by atoms with Gasteiger partial charge in [0.25, 0.3) is 11.5 Å². The standard InChI is InChI=1S/C14H14F6N2O2/c15-13(16,17)7-4-8(14(18,19)20)6-9(5-7)22-12(24)10-2-1-3-21-11(10)23/h1-3,7-9H,4-6H2,(H,21,23)(H,22,24)/t7-,8+,9?. The third-order valence-corrected chi connectivity index (χ3v) is 4.03. The number of rotatable bonds is 2. The Balaban J connectivity index is 2.17. The monoisotopic (exact) mass is 356 g/mol. The van der Waals surface area contributed by atoms with Crippen molar-refractivity contribution < 1.29 is 31.1 Å². The van der Waals surface area contributed by atoms with E-state index in [1.165, 1.54) is 12.3 Å². The molecule has 1 unspecified atom stereocenters. The van der Waals surface area contributed by atoms with Crippen molar-refractivity contribution >= 4 is 5.91 Å². The summed E-state index contributed by atoms with van der Waals surface area (Å²) in [6.45, 7) is 0. The Hall–Kier alpha value is -2.00. The molecule has 1 aromatic rings. The van der Waals surface area contributed by atoms with Crippen LogP contribution in [0.1, 0.15) is 29.6 Å². The van der Waals surface area contributed by atoms with Crippen LogP contribution >= 0.6 is 0 Å². The van der Waals surface area contributed by atoms with Crippen molar-refractivity contribution in [1.29, 1.82) is 0 Å². The van der Waals surface area contributed by atoms with Gasteiger partial charge in [0.05, 0.1) is 11.8 Å². The third-order valence-electron chi connectivity index (χ3n) is 4.03. The van der Waals surface area contributed by atoms with Gasteiger partial charge in [-0.3, -0.25) is 9.59 Å². The molecule has 0 spiro atoms. The minimum Gasteiger partial charge on any atom is -0.349 e. The van der Waals surface area contributed by atoms with Gasteiger partial charge in [-0.05, 0) is 31.4 Å². The van der Waals surface area contributed by atoms with E-state index in [0.29, 0.717) is 0 Å². The first kappa shape index (κ1) is 18.3. The number of amides is 1. The molecule has 2 rings (SSSR count). The van der Waals surface area contributed by atoms with Crippen LogP contribution in [-0.4, -0.2) is 29.3 Å². The van der Waals surface area contributed by atoms with E-state index >= 15 is 0 Å². The zero-order chi connectivity index (χ0) is 18.1. The van der Waals surface area contributed by atoms with Crippen LogP contribution in [0.5, 0.6) is 0 Å². The minimum atomic E-state index is -4.78. The highest BCUT2D eigenvalue weighted by Gasteiger charge is 2.52. The van der Waals surface area contributed by atoms with Crippen LogP contribution < -0.4 is 10.9 Å². The fourth-order valence-electron chi connectivity index (χ4n) is 2.83. The van der Waals surface area contributed by atoms with Crippen LogP contribution in [0.25, 0.3) is 0 Å². The van der Waals surface area contributed by atoms with Gasteiger partial charge in [0.2, 0.25) is 0 Å². The molecule has 0 aliphatic heterocycles. The maximum absolute atomic E-state index is 12.9. The van der Waals surface area contributed by atoms with Gasteiger partial charge in [-0.1, -0.05) is 0 Å². The second-order valence-electron chi connectivity index (χ2n) is 5.77. The average Bonchev–Trinajstić information content (AvgIpc) is 2.45.